The molecule has 0 bridgehead atoms. The summed E-state index contributed by atoms with van der Waals surface area (Å²) >= 11 is 0. The fourth-order valence-electron chi connectivity index (χ4n) is 3.39. The zero-order chi connectivity index (χ0) is 17.1. The molecule has 0 unspecified atom stereocenters. The quantitative estimate of drug-likeness (QED) is 0.868. The van der Waals surface area contributed by atoms with Gasteiger partial charge in [0.15, 0.2) is 0 Å². The van der Waals surface area contributed by atoms with Gasteiger partial charge in [-0.2, -0.15) is 5.10 Å². The molecule has 1 N–H and O–H groups in total. The Morgan fingerprint density at radius 1 is 1.33 bits per heavy atom. The van der Waals surface area contributed by atoms with Crippen LogP contribution in [0.1, 0.15) is 35.2 Å². The average molecular weight is 331 g/mol. The Kier molecular flexibility index (Phi) is 5.11. The largest absolute Gasteiger partial charge is 0.480 e. The Morgan fingerprint density at radius 3 is 2.83 bits per heavy atom. The number of rotatable bonds is 6. The molecular weight excluding hydrogens is 306 g/mol. The van der Waals surface area contributed by atoms with Gasteiger partial charge >= 0.3 is 0 Å². The summed E-state index contributed by atoms with van der Waals surface area (Å²) in [5.74, 6) is 0.998. The molecule has 2 aromatic rings. The highest BCUT2D eigenvalue weighted by Crippen LogP contribution is 2.37. The number of aryl methyl sites for hydroxylation is 2. The van der Waals surface area contributed by atoms with E-state index in [0.29, 0.717) is 18.3 Å². The second kappa shape index (κ2) is 7.27. The second-order valence-electron chi connectivity index (χ2n) is 6.19. The highest BCUT2D eigenvalue weighted by atomic mass is 16.5. The van der Waals surface area contributed by atoms with E-state index < -0.39 is 0 Å². The molecule has 1 aliphatic heterocycles. The Bertz CT molecular complexity index is 700. The van der Waals surface area contributed by atoms with Crippen LogP contribution in [-0.4, -0.2) is 40.0 Å². The monoisotopic (exact) mass is 331 g/mol. The molecule has 3 rings (SSSR count). The molecular formula is C17H25N5O2. The van der Waals surface area contributed by atoms with Crippen LogP contribution in [0.2, 0.25) is 0 Å². The van der Waals surface area contributed by atoms with Crippen molar-refractivity contribution in [1.29, 1.82) is 0 Å². The normalized spacial score (nSPS) is 20.5. The molecule has 24 heavy (non-hydrogen) atoms. The maximum absolute atomic E-state index is 6.03. The SMILES string of the molecule is COc1nccnc1CNC[C@H]1CCO[C@@H]1c1c(C)nn(C)c1C. The molecule has 0 saturated carbocycles. The minimum absolute atomic E-state index is 0.106. The fourth-order valence-corrected chi connectivity index (χ4v) is 3.39. The standard InChI is InChI=1S/C17H25N5O2/c1-11-15(12(2)22(3)21-11)16-13(5-8-24-16)9-18-10-14-17(23-4)20-7-6-19-14/h6-7,13,16,18H,5,8-10H2,1-4H3/t13-,16+/m1/s1. The molecule has 1 aliphatic rings. The Morgan fingerprint density at radius 2 is 2.12 bits per heavy atom. The summed E-state index contributed by atoms with van der Waals surface area (Å²) < 4.78 is 13.2. The molecule has 0 spiro atoms. The van der Waals surface area contributed by atoms with E-state index in [1.165, 1.54) is 11.3 Å². The molecule has 1 fully saturated rings. The van der Waals surface area contributed by atoms with Crippen molar-refractivity contribution in [2.75, 3.05) is 20.3 Å². The third-order valence-corrected chi connectivity index (χ3v) is 4.69. The van der Waals surface area contributed by atoms with E-state index in [2.05, 4.69) is 34.2 Å². The number of hydrogen-bond acceptors (Lipinski definition) is 6. The fraction of sp³-hybridized carbons (Fsp3) is 0.588. The van der Waals surface area contributed by atoms with Crippen LogP contribution >= 0.6 is 0 Å². The highest BCUT2D eigenvalue weighted by Gasteiger charge is 2.33. The van der Waals surface area contributed by atoms with Crippen molar-refractivity contribution in [3.8, 4) is 5.88 Å². The maximum Gasteiger partial charge on any atom is 0.236 e. The molecule has 7 nitrogen and oxygen atoms in total. The lowest BCUT2D eigenvalue weighted by Gasteiger charge is -2.20. The predicted molar refractivity (Wildman–Crippen MR) is 89.8 cm³/mol. The van der Waals surface area contributed by atoms with Gasteiger partial charge in [-0.1, -0.05) is 0 Å². The first kappa shape index (κ1) is 16.9. The Labute approximate surface area is 142 Å². The van der Waals surface area contributed by atoms with E-state index in [-0.39, 0.29) is 6.10 Å². The molecule has 0 amide bonds. The van der Waals surface area contributed by atoms with E-state index in [9.17, 15) is 0 Å². The Balaban J connectivity index is 1.64. The summed E-state index contributed by atoms with van der Waals surface area (Å²) in [7, 11) is 3.59. The van der Waals surface area contributed by atoms with Crippen molar-refractivity contribution >= 4 is 0 Å². The number of ether oxygens (including phenoxy) is 2. The van der Waals surface area contributed by atoms with Gasteiger partial charge in [0.25, 0.3) is 0 Å². The van der Waals surface area contributed by atoms with Gasteiger partial charge in [0.05, 0.1) is 18.9 Å². The van der Waals surface area contributed by atoms with Crippen LogP contribution in [0.15, 0.2) is 12.4 Å². The number of methoxy groups -OCH3 is 1. The average Bonchev–Trinajstić information content (AvgIpc) is 3.12. The lowest BCUT2D eigenvalue weighted by atomic mass is 9.94. The van der Waals surface area contributed by atoms with Gasteiger partial charge in [0.1, 0.15) is 5.69 Å². The Hall–Kier alpha value is -1.99. The van der Waals surface area contributed by atoms with Crippen molar-refractivity contribution in [2.45, 2.75) is 32.9 Å². The second-order valence-corrected chi connectivity index (χ2v) is 6.19. The van der Waals surface area contributed by atoms with Crippen molar-refractivity contribution in [1.82, 2.24) is 25.1 Å². The van der Waals surface area contributed by atoms with Gasteiger partial charge in [-0.05, 0) is 20.3 Å². The van der Waals surface area contributed by atoms with Gasteiger partial charge in [-0.3, -0.25) is 9.67 Å². The predicted octanol–water partition coefficient (Wildman–Crippen LogP) is 1.70. The van der Waals surface area contributed by atoms with Crippen molar-refractivity contribution in [3.05, 3.63) is 35.0 Å². The summed E-state index contributed by atoms with van der Waals surface area (Å²) in [4.78, 5) is 8.50. The number of hydrogen-bond donors (Lipinski definition) is 1. The van der Waals surface area contributed by atoms with Crippen LogP contribution in [-0.2, 0) is 18.3 Å². The summed E-state index contributed by atoms with van der Waals surface area (Å²) in [6.07, 6.45) is 4.47. The van der Waals surface area contributed by atoms with Crippen LogP contribution in [0.25, 0.3) is 0 Å². The van der Waals surface area contributed by atoms with Crippen LogP contribution < -0.4 is 10.1 Å². The van der Waals surface area contributed by atoms with E-state index >= 15 is 0 Å². The summed E-state index contributed by atoms with van der Waals surface area (Å²) in [5.41, 5.74) is 4.30. The minimum atomic E-state index is 0.106. The summed E-state index contributed by atoms with van der Waals surface area (Å²) in [6.45, 7) is 6.44. The van der Waals surface area contributed by atoms with Gasteiger partial charge in [-0.15, -0.1) is 0 Å². The van der Waals surface area contributed by atoms with Gasteiger partial charge in [0, 0.05) is 56.3 Å². The molecule has 1 saturated heterocycles. The van der Waals surface area contributed by atoms with E-state index in [1.54, 1.807) is 19.5 Å². The van der Waals surface area contributed by atoms with Gasteiger partial charge in [0.2, 0.25) is 5.88 Å². The maximum atomic E-state index is 6.03. The molecule has 0 radical (unpaired) electrons. The van der Waals surface area contributed by atoms with E-state index in [1.807, 2.05) is 11.7 Å². The van der Waals surface area contributed by atoms with Crippen LogP contribution in [0.5, 0.6) is 5.88 Å². The molecule has 7 heteroatoms. The van der Waals surface area contributed by atoms with Crippen molar-refractivity contribution < 1.29 is 9.47 Å². The summed E-state index contributed by atoms with van der Waals surface area (Å²) in [5, 5.41) is 8.00. The molecule has 3 heterocycles. The van der Waals surface area contributed by atoms with Gasteiger partial charge < -0.3 is 14.8 Å². The summed E-state index contributed by atoms with van der Waals surface area (Å²) in [6, 6.07) is 0. The zero-order valence-corrected chi connectivity index (χ0v) is 14.7. The van der Waals surface area contributed by atoms with Gasteiger partial charge in [-0.25, -0.2) is 4.98 Å². The minimum Gasteiger partial charge on any atom is -0.480 e. The van der Waals surface area contributed by atoms with E-state index in [4.69, 9.17) is 9.47 Å². The molecule has 0 aliphatic carbocycles. The highest BCUT2D eigenvalue weighted by molar-refractivity contribution is 5.28. The first-order valence-corrected chi connectivity index (χ1v) is 8.28. The first-order chi connectivity index (χ1) is 11.6. The lowest BCUT2D eigenvalue weighted by Crippen LogP contribution is -2.25. The molecule has 2 atom stereocenters. The number of nitrogens with one attached hydrogen (secondary N) is 1. The number of aromatic nitrogens is 4. The first-order valence-electron chi connectivity index (χ1n) is 8.28. The third-order valence-electron chi connectivity index (χ3n) is 4.69. The zero-order valence-electron chi connectivity index (χ0n) is 14.7. The smallest absolute Gasteiger partial charge is 0.236 e. The number of nitrogens with zero attached hydrogens (tertiary/aromatic N) is 4. The molecule has 2 aromatic heterocycles. The molecule has 0 aromatic carbocycles. The molecule has 130 valence electrons. The topological polar surface area (TPSA) is 74.1 Å². The van der Waals surface area contributed by atoms with Crippen molar-refractivity contribution in [3.63, 3.8) is 0 Å². The van der Waals surface area contributed by atoms with Crippen LogP contribution in [0.3, 0.4) is 0 Å². The lowest BCUT2D eigenvalue weighted by molar-refractivity contribution is 0.0893. The van der Waals surface area contributed by atoms with Crippen LogP contribution in [0, 0.1) is 19.8 Å². The van der Waals surface area contributed by atoms with Crippen LogP contribution in [0.4, 0.5) is 0 Å². The third kappa shape index (κ3) is 3.27. The van der Waals surface area contributed by atoms with E-state index in [0.717, 1.165) is 31.0 Å². The van der Waals surface area contributed by atoms with Crippen molar-refractivity contribution in [2.24, 2.45) is 13.0 Å².